The Labute approximate surface area is 402 Å². The fourth-order valence-corrected chi connectivity index (χ4v) is 9.22. The fraction of sp³-hybridized carbons (Fsp3) is 0.966. The number of carbonyl (C=O) groups is 2. The average Bonchev–Trinajstić information content (AvgIpc) is 3.30. The molecule has 0 aromatic rings. The molecule has 0 aromatic heterocycles. The first-order chi connectivity index (χ1) is 31.6. The molecule has 0 aliphatic rings. The second-order valence-corrected chi connectivity index (χ2v) is 20.3. The monoisotopic (exact) mass is 905 g/mol. The van der Waals surface area contributed by atoms with Crippen LogP contribution in [0.15, 0.2) is 0 Å². The number of hydrogen-bond acceptors (Lipinski definition) is 5. The van der Waals surface area contributed by atoms with Crippen molar-refractivity contribution in [3.05, 3.63) is 0 Å². The van der Waals surface area contributed by atoms with Crippen molar-refractivity contribution in [3.63, 3.8) is 0 Å². The van der Waals surface area contributed by atoms with Crippen LogP contribution in [0.3, 0.4) is 0 Å². The minimum Gasteiger partial charge on any atom is -0.462 e. The molecule has 5 heteroatoms. The van der Waals surface area contributed by atoms with Gasteiger partial charge in [0.25, 0.3) is 0 Å². The lowest BCUT2D eigenvalue weighted by molar-refractivity contribution is -0.163. The van der Waals surface area contributed by atoms with Gasteiger partial charge in [0.1, 0.15) is 6.61 Å². The van der Waals surface area contributed by atoms with Gasteiger partial charge in [0.2, 0.25) is 0 Å². The Morgan fingerprint density at radius 3 is 0.797 bits per heavy atom. The molecule has 0 spiro atoms. The molecule has 0 fully saturated rings. The summed E-state index contributed by atoms with van der Waals surface area (Å²) in [5.41, 5.74) is 0. The van der Waals surface area contributed by atoms with Gasteiger partial charge in [-0.25, -0.2) is 0 Å². The molecule has 382 valence electrons. The summed E-state index contributed by atoms with van der Waals surface area (Å²) in [4.78, 5) is 25.5. The van der Waals surface area contributed by atoms with Gasteiger partial charge in [-0.1, -0.05) is 310 Å². The summed E-state index contributed by atoms with van der Waals surface area (Å²) in [6, 6.07) is 0. The normalized spacial score (nSPS) is 12.0. The molecule has 0 aliphatic carbocycles. The van der Waals surface area contributed by atoms with Crippen LogP contribution in [-0.2, 0) is 23.8 Å². The van der Waals surface area contributed by atoms with Crippen molar-refractivity contribution in [2.24, 2.45) is 0 Å². The van der Waals surface area contributed by atoms with Crippen LogP contribution in [0.5, 0.6) is 0 Å². The molecule has 0 aromatic carbocycles. The molecule has 5 nitrogen and oxygen atoms in total. The zero-order valence-corrected chi connectivity index (χ0v) is 44.1. The second-order valence-electron chi connectivity index (χ2n) is 20.3. The van der Waals surface area contributed by atoms with Crippen molar-refractivity contribution in [2.45, 2.75) is 348 Å². The van der Waals surface area contributed by atoms with Crippen LogP contribution in [0.25, 0.3) is 0 Å². The molecule has 0 aliphatic heterocycles. The van der Waals surface area contributed by atoms with Crippen molar-refractivity contribution >= 4 is 11.9 Å². The van der Waals surface area contributed by atoms with Crippen LogP contribution in [0.2, 0.25) is 0 Å². The van der Waals surface area contributed by atoms with E-state index in [-0.39, 0.29) is 18.5 Å². The molecule has 0 heterocycles. The van der Waals surface area contributed by atoms with Gasteiger partial charge in [-0.2, -0.15) is 0 Å². The molecule has 0 rings (SSSR count). The number of rotatable bonds is 56. The van der Waals surface area contributed by atoms with Gasteiger partial charge < -0.3 is 14.2 Å². The molecule has 0 radical (unpaired) electrons. The smallest absolute Gasteiger partial charge is 0.306 e. The van der Waals surface area contributed by atoms with Crippen molar-refractivity contribution in [3.8, 4) is 0 Å². The van der Waals surface area contributed by atoms with Gasteiger partial charge in [0.15, 0.2) is 6.10 Å². The number of hydrogen-bond donors (Lipinski definition) is 0. The number of ether oxygens (including phenoxy) is 3. The molecular weight excluding hydrogens is 789 g/mol. The van der Waals surface area contributed by atoms with E-state index in [9.17, 15) is 9.59 Å². The zero-order chi connectivity index (χ0) is 46.3. The predicted octanol–water partition coefficient (Wildman–Crippen LogP) is 20.0. The zero-order valence-electron chi connectivity index (χ0n) is 44.1. The third-order valence-corrected chi connectivity index (χ3v) is 13.6. The van der Waals surface area contributed by atoms with E-state index >= 15 is 0 Å². The Morgan fingerprint density at radius 2 is 0.516 bits per heavy atom. The molecule has 0 bridgehead atoms. The Morgan fingerprint density at radius 1 is 0.281 bits per heavy atom. The van der Waals surface area contributed by atoms with Crippen LogP contribution in [0.4, 0.5) is 0 Å². The molecule has 64 heavy (non-hydrogen) atoms. The Hall–Kier alpha value is -1.10. The highest BCUT2D eigenvalue weighted by atomic mass is 16.6. The van der Waals surface area contributed by atoms with E-state index < -0.39 is 6.10 Å². The van der Waals surface area contributed by atoms with E-state index in [0.29, 0.717) is 26.1 Å². The average molecular weight is 906 g/mol. The van der Waals surface area contributed by atoms with Crippen molar-refractivity contribution in [2.75, 3.05) is 19.8 Å². The summed E-state index contributed by atoms with van der Waals surface area (Å²) < 4.78 is 17.5. The number of carbonyl (C=O) groups excluding carboxylic acids is 2. The largest absolute Gasteiger partial charge is 0.462 e. The minimum absolute atomic E-state index is 0.0985. The quantitative estimate of drug-likeness (QED) is 0.0449. The summed E-state index contributed by atoms with van der Waals surface area (Å²) in [6.45, 7) is 7.93. The van der Waals surface area contributed by atoms with E-state index in [1.54, 1.807) is 0 Å². The topological polar surface area (TPSA) is 61.8 Å². The SMILES string of the molecule is CCCCCCCCCCCCCCCCCCCC(=O)OCC(COCCCCCCCCCCCCCCCC)OC(=O)CCCCCCCCCCCCCCCCCCC. The molecule has 1 unspecified atom stereocenters. The Bertz CT molecular complexity index is 891. The molecule has 0 N–H and O–H groups in total. The minimum atomic E-state index is -0.524. The van der Waals surface area contributed by atoms with Gasteiger partial charge >= 0.3 is 11.9 Å². The Balaban J connectivity index is 4.17. The van der Waals surface area contributed by atoms with Crippen LogP contribution >= 0.6 is 0 Å². The summed E-state index contributed by atoms with van der Waals surface area (Å²) in [5.74, 6) is -0.364. The third kappa shape index (κ3) is 53.5. The molecular formula is C59H116O5. The molecule has 0 saturated carbocycles. The van der Waals surface area contributed by atoms with Crippen LogP contribution in [0, 0.1) is 0 Å². The maximum Gasteiger partial charge on any atom is 0.306 e. The van der Waals surface area contributed by atoms with Gasteiger partial charge in [-0.15, -0.1) is 0 Å². The third-order valence-electron chi connectivity index (χ3n) is 13.6. The molecule has 1 atom stereocenters. The highest BCUT2D eigenvalue weighted by molar-refractivity contribution is 5.70. The maximum atomic E-state index is 12.9. The standard InChI is InChI=1S/C59H116O5/c1-4-7-10-13-16-19-22-25-28-30-32-34-37-40-43-46-49-52-58(60)63-56-57(55-62-54-51-48-45-42-39-36-27-24-21-18-15-12-9-6-3)64-59(61)53-50-47-44-41-38-35-33-31-29-26-23-20-17-14-11-8-5-2/h57H,4-56H2,1-3H3. The number of esters is 2. The summed E-state index contributed by atoms with van der Waals surface area (Å²) >= 11 is 0. The highest BCUT2D eigenvalue weighted by Crippen LogP contribution is 2.18. The summed E-state index contributed by atoms with van der Waals surface area (Å²) in [5, 5.41) is 0. The first-order valence-corrected chi connectivity index (χ1v) is 29.6. The van der Waals surface area contributed by atoms with Crippen LogP contribution < -0.4 is 0 Å². The lowest BCUT2D eigenvalue weighted by atomic mass is 10.0. The lowest BCUT2D eigenvalue weighted by Gasteiger charge is -2.18. The van der Waals surface area contributed by atoms with Gasteiger partial charge in [0.05, 0.1) is 6.61 Å². The van der Waals surface area contributed by atoms with E-state index in [1.807, 2.05) is 0 Å². The van der Waals surface area contributed by atoms with Crippen LogP contribution in [-0.4, -0.2) is 37.9 Å². The van der Waals surface area contributed by atoms with E-state index in [4.69, 9.17) is 14.2 Å². The number of unbranched alkanes of at least 4 members (excludes halogenated alkanes) is 45. The first-order valence-electron chi connectivity index (χ1n) is 29.6. The predicted molar refractivity (Wildman–Crippen MR) is 280 cm³/mol. The van der Waals surface area contributed by atoms with E-state index in [1.165, 1.54) is 276 Å². The van der Waals surface area contributed by atoms with Crippen molar-refractivity contribution < 1.29 is 23.8 Å². The van der Waals surface area contributed by atoms with Gasteiger partial charge in [-0.05, 0) is 19.3 Å². The van der Waals surface area contributed by atoms with Crippen molar-refractivity contribution in [1.29, 1.82) is 0 Å². The molecule has 0 amide bonds. The Kier molecular flexibility index (Phi) is 55.3. The first kappa shape index (κ1) is 62.9. The van der Waals surface area contributed by atoms with Crippen molar-refractivity contribution in [1.82, 2.24) is 0 Å². The summed E-state index contributed by atoms with van der Waals surface area (Å²) in [6.07, 6.45) is 64.1. The highest BCUT2D eigenvalue weighted by Gasteiger charge is 2.18. The fourth-order valence-electron chi connectivity index (χ4n) is 9.22. The van der Waals surface area contributed by atoms with Crippen LogP contribution in [0.1, 0.15) is 342 Å². The maximum absolute atomic E-state index is 12.9. The van der Waals surface area contributed by atoms with E-state index in [2.05, 4.69) is 20.8 Å². The summed E-state index contributed by atoms with van der Waals surface area (Å²) in [7, 11) is 0. The lowest BCUT2D eigenvalue weighted by Crippen LogP contribution is -2.30. The molecule has 0 saturated heterocycles. The van der Waals surface area contributed by atoms with E-state index in [0.717, 1.165) is 32.1 Å². The van der Waals surface area contributed by atoms with Gasteiger partial charge in [-0.3, -0.25) is 9.59 Å². The second kappa shape index (κ2) is 56.2. The van der Waals surface area contributed by atoms with Gasteiger partial charge in [0, 0.05) is 19.4 Å².